The lowest BCUT2D eigenvalue weighted by Gasteiger charge is -2.05. The second-order valence-corrected chi connectivity index (χ2v) is 6.10. The fourth-order valence-corrected chi connectivity index (χ4v) is 2.07. The van der Waals surface area contributed by atoms with Gasteiger partial charge in [0.2, 0.25) is 0 Å². The lowest BCUT2D eigenvalue weighted by Crippen LogP contribution is -2.16. The molecular weight excluding hydrogens is 258 g/mol. The van der Waals surface area contributed by atoms with Gasteiger partial charge in [0.15, 0.2) is 15.5 Å². The summed E-state index contributed by atoms with van der Waals surface area (Å²) in [6.07, 6.45) is 1.34. The van der Waals surface area contributed by atoms with E-state index in [1.807, 2.05) is 0 Å². The number of rotatable bonds is 6. The van der Waals surface area contributed by atoms with Crippen LogP contribution in [0.1, 0.15) is 24.3 Å². The van der Waals surface area contributed by atoms with E-state index in [0.29, 0.717) is 0 Å². The highest BCUT2D eigenvalue weighted by atomic mass is 32.2. The van der Waals surface area contributed by atoms with Gasteiger partial charge in [-0.3, -0.25) is 0 Å². The molecule has 0 aliphatic carbocycles. The number of nitrogens with two attached hydrogens (primary N) is 1. The van der Waals surface area contributed by atoms with E-state index in [-0.39, 0.29) is 36.2 Å². The normalized spacial score (nSPS) is 11.4. The van der Waals surface area contributed by atoms with Gasteiger partial charge in [-0.05, 0) is 6.92 Å². The number of carbonyl (C=O) groups excluding carboxylic acids is 1. The van der Waals surface area contributed by atoms with Crippen molar-refractivity contribution in [2.45, 2.75) is 20.4 Å². The topological polar surface area (TPSA) is 104 Å². The van der Waals surface area contributed by atoms with Crippen LogP contribution in [0.5, 0.6) is 0 Å². The van der Waals surface area contributed by atoms with Gasteiger partial charge in [0.1, 0.15) is 5.82 Å². The Morgan fingerprint density at radius 1 is 1.50 bits per heavy atom. The number of aryl methyl sites for hydroxylation is 1. The molecule has 102 valence electrons. The van der Waals surface area contributed by atoms with Crippen LogP contribution in [0.4, 0.5) is 5.82 Å². The molecule has 1 rings (SSSR count). The quantitative estimate of drug-likeness (QED) is 0.737. The Kier molecular flexibility index (Phi) is 4.71. The lowest BCUT2D eigenvalue weighted by atomic mass is 10.4. The zero-order chi connectivity index (χ0) is 13.8. The molecule has 0 saturated carbocycles. The summed E-state index contributed by atoms with van der Waals surface area (Å²) in [7, 11) is -3.08. The van der Waals surface area contributed by atoms with E-state index in [4.69, 9.17) is 10.5 Å². The molecule has 0 spiro atoms. The van der Waals surface area contributed by atoms with Crippen LogP contribution >= 0.6 is 0 Å². The molecule has 0 aliphatic rings. The average molecular weight is 275 g/mol. The summed E-state index contributed by atoms with van der Waals surface area (Å²) in [6.45, 7) is 3.67. The predicted molar refractivity (Wildman–Crippen MR) is 66.9 cm³/mol. The van der Waals surface area contributed by atoms with Gasteiger partial charge in [-0.2, -0.15) is 0 Å². The maximum Gasteiger partial charge on any atom is 0.360 e. The van der Waals surface area contributed by atoms with Crippen molar-refractivity contribution in [3.8, 4) is 0 Å². The van der Waals surface area contributed by atoms with Crippen LogP contribution in [-0.2, 0) is 21.1 Å². The van der Waals surface area contributed by atoms with Crippen molar-refractivity contribution in [2.75, 3.05) is 23.8 Å². The Bertz CT molecular complexity index is 521. The third-order valence-electron chi connectivity index (χ3n) is 2.43. The average Bonchev–Trinajstić information content (AvgIpc) is 2.69. The number of anilines is 1. The summed E-state index contributed by atoms with van der Waals surface area (Å²) >= 11 is 0. The molecule has 0 saturated heterocycles. The Morgan fingerprint density at radius 3 is 2.72 bits per heavy atom. The standard InChI is InChI=1S/C10H17N3O4S/c1-3-17-10(14)8-9(11)13(7-12-8)5-6-18(15,16)4-2/h7H,3-6,11H2,1-2H3. The second-order valence-electron chi connectivity index (χ2n) is 3.63. The van der Waals surface area contributed by atoms with Crippen molar-refractivity contribution >= 4 is 21.6 Å². The Hall–Kier alpha value is -1.57. The summed E-state index contributed by atoms with van der Waals surface area (Å²) < 4.78 is 28.9. The van der Waals surface area contributed by atoms with Crippen molar-refractivity contribution in [3.63, 3.8) is 0 Å². The van der Waals surface area contributed by atoms with Crippen LogP contribution in [0, 0.1) is 0 Å². The summed E-state index contributed by atoms with van der Waals surface area (Å²) in [6, 6.07) is 0. The molecule has 2 N–H and O–H groups in total. The van der Waals surface area contributed by atoms with Gasteiger partial charge in [0, 0.05) is 12.3 Å². The van der Waals surface area contributed by atoms with E-state index in [9.17, 15) is 13.2 Å². The Labute approximate surface area is 106 Å². The van der Waals surface area contributed by atoms with Crippen LogP contribution in [0.25, 0.3) is 0 Å². The second kappa shape index (κ2) is 5.85. The van der Waals surface area contributed by atoms with E-state index in [0.717, 1.165) is 0 Å². The SMILES string of the molecule is CCOC(=O)c1ncn(CCS(=O)(=O)CC)c1N. The minimum atomic E-state index is -3.08. The number of hydrogen-bond donors (Lipinski definition) is 1. The molecule has 0 aromatic carbocycles. The number of carbonyl (C=O) groups is 1. The van der Waals surface area contributed by atoms with Crippen molar-refractivity contribution < 1.29 is 17.9 Å². The first-order valence-electron chi connectivity index (χ1n) is 5.59. The monoisotopic (exact) mass is 275 g/mol. The first kappa shape index (κ1) is 14.5. The van der Waals surface area contributed by atoms with Gasteiger partial charge >= 0.3 is 5.97 Å². The number of imidazole rings is 1. The minimum absolute atomic E-state index is 0.0192. The fraction of sp³-hybridized carbons (Fsp3) is 0.600. The number of ether oxygens (including phenoxy) is 1. The van der Waals surface area contributed by atoms with Crippen LogP contribution in [-0.4, -0.2) is 42.1 Å². The maximum absolute atomic E-state index is 11.4. The molecule has 0 unspecified atom stereocenters. The van der Waals surface area contributed by atoms with Gasteiger partial charge < -0.3 is 15.0 Å². The van der Waals surface area contributed by atoms with E-state index >= 15 is 0 Å². The van der Waals surface area contributed by atoms with E-state index in [1.54, 1.807) is 13.8 Å². The summed E-state index contributed by atoms with van der Waals surface area (Å²) in [5.41, 5.74) is 5.73. The molecule has 1 aromatic heterocycles. The van der Waals surface area contributed by atoms with E-state index in [1.165, 1.54) is 10.9 Å². The fourth-order valence-electron chi connectivity index (χ4n) is 1.31. The predicted octanol–water partition coefficient (Wildman–Crippen LogP) is 0.0767. The maximum atomic E-state index is 11.4. The van der Waals surface area contributed by atoms with Crippen LogP contribution < -0.4 is 5.73 Å². The summed E-state index contributed by atoms with van der Waals surface area (Å²) in [5.74, 6) is -0.439. The number of hydrogen-bond acceptors (Lipinski definition) is 6. The lowest BCUT2D eigenvalue weighted by molar-refractivity contribution is 0.0521. The molecule has 8 heteroatoms. The molecular formula is C10H17N3O4S. The van der Waals surface area contributed by atoms with Crippen LogP contribution in [0.15, 0.2) is 6.33 Å². The largest absolute Gasteiger partial charge is 0.461 e. The zero-order valence-corrected chi connectivity index (χ0v) is 11.2. The van der Waals surface area contributed by atoms with Gasteiger partial charge in [-0.15, -0.1) is 0 Å². The zero-order valence-electron chi connectivity index (χ0n) is 10.4. The summed E-state index contributed by atoms with van der Waals surface area (Å²) in [5, 5.41) is 0. The van der Waals surface area contributed by atoms with Crippen molar-refractivity contribution in [1.82, 2.24) is 9.55 Å². The highest BCUT2D eigenvalue weighted by Crippen LogP contribution is 2.11. The highest BCUT2D eigenvalue weighted by Gasteiger charge is 2.17. The third kappa shape index (κ3) is 3.46. The van der Waals surface area contributed by atoms with Crippen LogP contribution in [0.2, 0.25) is 0 Å². The Balaban J connectivity index is 2.78. The molecule has 7 nitrogen and oxygen atoms in total. The van der Waals surface area contributed by atoms with Gasteiger partial charge in [0.05, 0.1) is 18.7 Å². The van der Waals surface area contributed by atoms with E-state index < -0.39 is 15.8 Å². The van der Waals surface area contributed by atoms with Crippen molar-refractivity contribution in [3.05, 3.63) is 12.0 Å². The smallest absolute Gasteiger partial charge is 0.360 e. The molecule has 0 aliphatic heterocycles. The van der Waals surface area contributed by atoms with Crippen molar-refractivity contribution in [2.24, 2.45) is 0 Å². The van der Waals surface area contributed by atoms with Crippen molar-refractivity contribution in [1.29, 1.82) is 0 Å². The number of aromatic nitrogens is 2. The number of nitrogens with zero attached hydrogens (tertiary/aromatic N) is 2. The van der Waals surface area contributed by atoms with Gasteiger partial charge in [-0.1, -0.05) is 6.92 Å². The highest BCUT2D eigenvalue weighted by molar-refractivity contribution is 7.91. The number of nitrogen functional groups attached to an aromatic ring is 1. The van der Waals surface area contributed by atoms with Gasteiger partial charge in [0.25, 0.3) is 0 Å². The van der Waals surface area contributed by atoms with Crippen LogP contribution in [0.3, 0.4) is 0 Å². The third-order valence-corrected chi connectivity index (χ3v) is 4.11. The molecule has 0 bridgehead atoms. The molecule has 1 aromatic rings. The molecule has 0 fully saturated rings. The Morgan fingerprint density at radius 2 is 2.17 bits per heavy atom. The molecule has 1 heterocycles. The molecule has 0 radical (unpaired) electrons. The number of sulfone groups is 1. The first-order valence-corrected chi connectivity index (χ1v) is 7.41. The molecule has 0 atom stereocenters. The van der Waals surface area contributed by atoms with E-state index in [2.05, 4.69) is 4.98 Å². The molecule has 0 amide bonds. The number of esters is 1. The minimum Gasteiger partial charge on any atom is -0.461 e. The first-order chi connectivity index (χ1) is 8.41. The molecule has 18 heavy (non-hydrogen) atoms. The van der Waals surface area contributed by atoms with Gasteiger partial charge in [-0.25, -0.2) is 18.2 Å². The summed E-state index contributed by atoms with van der Waals surface area (Å²) in [4.78, 5) is 15.3.